The molecule has 1 unspecified atom stereocenters. The van der Waals surface area contributed by atoms with E-state index in [1.54, 1.807) is 38.6 Å². The number of aryl methyl sites for hydroxylation is 1. The number of nitrogens with two attached hydrogens (primary N) is 1. The van der Waals surface area contributed by atoms with Gasteiger partial charge in [-0.3, -0.25) is 9.19 Å². The van der Waals surface area contributed by atoms with Gasteiger partial charge in [-0.1, -0.05) is 6.58 Å². The number of rotatable bonds is 7. The number of pyridine rings is 1. The van der Waals surface area contributed by atoms with Crippen LogP contribution in [0.3, 0.4) is 0 Å². The van der Waals surface area contributed by atoms with Crippen LogP contribution in [-0.2, 0) is 16.6 Å². The first-order valence-corrected chi connectivity index (χ1v) is 8.96. The fourth-order valence-corrected chi connectivity index (χ4v) is 3.35. The van der Waals surface area contributed by atoms with Crippen molar-refractivity contribution >= 4 is 22.2 Å². The summed E-state index contributed by atoms with van der Waals surface area (Å²) in [6.07, 6.45) is 1.72. The molecule has 25 heavy (non-hydrogen) atoms. The highest BCUT2D eigenvalue weighted by molar-refractivity contribution is 7.88. The zero-order valence-corrected chi connectivity index (χ0v) is 15.7. The lowest BCUT2D eigenvalue weighted by Gasteiger charge is -2.14. The first-order valence-electron chi connectivity index (χ1n) is 7.64. The molecule has 0 aliphatic rings. The number of aromatic nitrogens is 1. The van der Waals surface area contributed by atoms with Gasteiger partial charge in [0, 0.05) is 23.4 Å². The lowest BCUT2D eigenvalue weighted by molar-refractivity contribution is 0.407. The lowest BCUT2D eigenvalue weighted by atomic mass is 10.1. The summed E-state index contributed by atoms with van der Waals surface area (Å²) in [4.78, 5) is 4.37. The zero-order chi connectivity index (χ0) is 18.6. The molecule has 0 bridgehead atoms. The average molecular weight is 361 g/mol. The van der Waals surface area contributed by atoms with Crippen LogP contribution in [0.4, 0.5) is 11.4 Å². The van der Waals surface area contributed by atoms with E-state index in [4.69, 9.17) is 15.2 Å². The van der Waals surface area contributed by atoms with Crippen molar-refractivity contribution in [1.82, 2.24) is 4.98 Å². The Morgan fingerprint density at radius 3 is 2.64 bits per heavy atom. The van der Waals surface area contributed by atoms with Crippen molar-refractivity contribution in [2.24, 2.45) is 0 Å². The van der Waals surface area contributed by atoms with E-state index in [2.05, 4.69) is 16.9 Å². The van der Waals surface area contributed by atoms with E-state index >= 15 is 0 Å². The van der Waals surface area contributed by atoms with Crippen LogP contribution in [0.5, 0.6) is 11.5 Å². The molecule has 2 aromatic rings. The number of hydrogen-bond donors (Lipinski definition) is 2. The van der Waals surface area contributed by atoms with Gasteiger partial charge in [-0.15, -0.1) is 0 Å². The Kier molecular flexibility index (Phi) is 6.03. The molecular formula is C18H23N3O3S. The van der Waals surface area contributed by atoms with Gasteiger partial charge in [-0.2, -0.15) is 0 Å². The number of nitrogens with zero attached hydrogens (tertiary/aromatic N) is 1. The van der Waals surface area contributed by atoms with Crippen LogP contribution >= 0.6 is 0 Å². The maximum absolute atomic E-state index is 12.6. The molecule has 0 saturated carbocycles. The second-order valence-electron chi connectivity index (χ2n) is 5.54. The number of anilines is 2. The molecule has 7 heteroatoms. The Balaban J connectivity index is 2.12. The first-order chi connectivity index (χ1) is 11.9. The van der Waals surface area contributed by atoms with Crippen molar-refractivity contribution in [3.63, 3.8) is 0 Å². The Hall–Kier alpha value is -2.54. The van der Waals surface area contributed by atoms with Crippen LogP contribution < -0.4 is 20.5 Å². The van der Waals surface area contributed by atoms with Crippen molar-refractivity contribution in [1.29, 1.82) is 0 Å². The third-order valence-electron chi connectivity index (χ3n) is 3.83. The largest absolute Gasteiger partial charge is 0.497 e. The fraction of sp³-hybridized carbons (Fsp3) is 0.278. The van der Waals surface area contributed by atoms with Gasteiger partial charge in [0.2, 0.25) is 0 Å². The number of nitrogens with one attached hydrogen (secondary N) is 1. The normalized spacial score (nSPS) is 11.7. The van der Waals surface area contributed by atoms with Gasteiger partial charge in [-0.05, 0) is 26.0 Å². The van der Waals surface area contributed by atoms with E-state index in [0.29, 0.717) is 27.8 Å². The summed E-state index contributed by atoms with van der Waals surface area (Å²) in [5.41, 5.74) is 9.62. The van der Waals surface area contributed by atoms with Gasteiger partial charge >= 0.3 is 0 Å². The molecule has 6 nitrogen and oxygen atoms in total. The highest BCUT2D eigenvalue weighted by atomic mass is 32.2. The smallest absolute Gasteiger partial charge is 0.128 e. The molecule has 0 fully saturated rings. The van der Waals surface area contributed by atoms with E-state index < -0.39 is 10.8 Å². The SMILES string of the molecule is C=C(Nc1ccc(OC)cc1N)S(=O)Cc1ncc(C)c(OC)c1C. The van der Waals surface area contributed by atoms with Crippen molar-refractivity contribution in [3.8, 4) is 11.5 Å². The molecule has 0 radical (unpaired) electrons. The second-order valence-corrected chi connectivity index (χ2v) is 7.01. The minimum Gasteiger partial charge on any atom is -0.497 e. The third kappa shape index (κ3) is 4.30. The summed E-state index contributed by atoms with van der Waals surface area (Å²) >= 11 is 0. The predicted octanol–water partition coefficient (Wildman–Crippen LogP) is 3.13. The molecule has 1 aromatic carbocycles. The lowest BCUT2D eigenvalue weighted by Crippen LogP contribution is -2.10. The Morgan fingerprint density at radius 1 is 1.32 bits per heavy atom. The van der Waals surface area contributed by atoms with E-state index in [1.807, 2.05) is 13.8 Å². The van der Waals surface area contributed by atoms with Gasteiger partial charge in [-0.25, -0.2) is 0 Å². The number of nitrogen functional groups attached to an aromatic ring is 1. The van der Waals surface area contributed by atoms with Crippen LogP contribution in [0, 0.1) is 13.8 Å². The molecule has 0 aliphatic carbocycles. The topological polar surface area (TPSA) is 86.5 Å². The summed E-state index contributed by atoms with van der Waals surface area (Å²) in [6, 6.07) is 5.22. The van der Waals surface area contributed by atoms with Gasteiger partial charge in [0.15, 0.2) is 0 Å². The molecular weight excluding hydrogens is 338 g/mol. The average Bonchev–Trinajstić information content (AvgIpc) is 2.59. The molecule has 0 amide bonds. The summed E-state index contributed by atoms with van der Waals surface area (Å²) in [5.74, 6) is 1.66. The summed E-state index contributed by atoms with van der Waals surface area (Å²) < 4.78 is 23.1. The molecule has 1 aromatic heterocycles. The van der Waals surface area contributed by atoms with E-state index in [0.717, 1.165) is 16.9 Å². The van der Waals surface area contributed by atoms with Crippen LogP contribution in [0.25, 0.3) is 0 Å². The van der Waals surface area contributed by atoms with Crippen molar-refractivity contribution in [3.05, 3.63) is 52.8 Å². The zero-order valence-electron chi connectivity index (χ0n) is 14.9. The molecule has 1 atom stereocenters. The molecule has 0 saturated heterocycles. The minimum absolute atomic E-state index is 0.240. The van der Waals surface area contributed by atoms with Crippen molar-refractivity contribution in [2.75, 3.05) is 25.3 Å². The Morgan fingerprint density at radius 2 is 2.04 bits per heavy atom. The first kappa shape index (κ1) is 18.8. The van der Waals surface area contributed by atoms with Crippen LogP contribution in [0.2, 0.25) is 0 Å². The molecule has 0 spiro atoms. The minimum atomic E-state index is -1.37. The number of hydrogen-bond acceptors (Lipinski definition) is 6. The monoisotopic (exact) mass is 361 g/mol. The van der Waals surface area contributed by atoms with Crippen molar-refractivity contribution in [2.45, 2.75) is 19.6 Å². The van der Waals surface area contributed by atoms with Gasteiger partial charge in [0.25, 0.3) is 0 Å². The summed E-state index contributed by atoms with van der Waals surface area (Å²) in [5, 5.41) is 3.37. The number of methoxy groups -OCH3 is 2. The standard InChI is InChI=1S/C18H23N3O3S/c1-11-9-20-17(12(2)18(11)24-5)10-25(22)13(3)21-16-7-6-14(23-4)8-15(16)19/h6-9,21H,3,10,19H2,1-2,4-5H3. The highest BCUT2D eigenvalue weighted by Gasteiger charge is 2.15. The fourth-order valence-electron chi connectivity index (χ4n) is 2.42. The molecule has 134 valence electrons. The number of ether oxygens (including phenoxy) is 2. The van der Waals surface area contributed by atoms with E-state index in [-0.39, 0.29) is 5.75 Å². The van der Waals surface area contributed by atoms with Gasteiger partial charge in [0.05, 0.1) is 52.9 Å². The Labute approximate surface area is 150 Å². The maximum atomic E-state index is 12.6. The number of benzene rings is 1. The van der Waals surface area contributed by atoms with Crippen molar-refractivity contribution < 1.29 is 13.7 Å². The van der Waals surface area contributed by atoms with Crippen LogP contribution in [0.15, 0.2) is 36.0 Å². The van der Waals surface area contributed by atoms with Crippen LogP contribution in [-0.4, -0.2) is 23.4 Å². The third-order valence-corrected chi connectivity index (χ3v) is 5.01. The molecule has 0 aliphatic heterocycles. The Bertz CT molecular complexity index is 821. The van der Waals surface area contributed by atoms with Crippen LogP contribution in [0.1, 0.15) is 16.8 Å². The van der Waals surface area contributed by atoms with E-state index in [9.17, 15) is 4.21 Å². The van der Waals surface area contributed by atoms with Gasteiger partial charge in [0.1, 0.15) is 11.5 Å². The predicted molar refractivity (Wildman–Crippen MR) is 102 cm³/mol. The quantitative estimate of drug-likeness (QED) is 0.737. The highest BCUT2D eigenvalue weighted by Crippen LogP contribution is 2.27. The molecule has 2 rings (SSSR count). The van der Waals surface area contributed by atoms with Gasteiger partial charge < -0.3 is 20.5 Å². The van der Waals surface area contributed by atoms with E-state index in [1.165, 1.54) is 0 Å². The molecule has 3 N–H and O–H groups in total. The maximum Gasteiger partial charge on any atom is 0.128 e. The summed E-state index contributed by atoms with van der Waals surface area (Å²) in [6.45, 7) is 7.69. The molecule has 1 heterocycles. The summed E-state index contributed by atoms with van der Waals surface area (Å²) in [7, 11) is 1.82. The second kappa shape index (κ2) is 8.02.